The van der Waals surface area contributed by atoms with Gasteiger partial charge in [0.15, 0.2) is 11.9 Å². The number of carboxylic acid groups (broad SMARTS) is 1. The topological polar surface area (TPSA) is 166 Å². The van der Waals surface area contributed by atoms with E-state index >= 15 is 0 Å². The summed E-state index contributed by atoms with van der Waals surface area (Å²) in [6, 6.07) is 8.71. The summed E-state index contributed by atoms with van der Waals surface area (Å²) in [7, 11) is 1.22. The Labute approximate surface area is 173 Å². The number of H-pyrrole nitrogens is 1. The Balaban J connectivity index is 2.09. The van der Waals surface area contributed by atoms with E-state index in [-0.39, 0.29) is 22.4 Å². The second kappa shape index (κ2) is 8.49. The van der Waals surface area contributed by atoms with Crippen LogP contribution in [0.2, 0.25) is 0 Å². The first-order valence-electron chi connectivity index (χ1n) is 8.77. The highest BCUT2D eigenvalue weighted by molar-refractivity contribution is 5.84. The van der Waals surface area contributed by atoms with E-state index in [0.29, 0.717) is 10.2 Å². The molecule has 3 rings (SSSR count). The highest BCUT2D eigenvalue weighted by Gasteiger charge is 2.26. The number of rotatable bonds is 7. The standard InChI is InChI=1S/C19H16N4O8/c1-10(18(25)26)31-16-14(23(28)29)7-11(8-15(16)30-2)9-20-22-17(24)12-5-3-4-6-13(12)21-19(22)27/h3-10H,1-2H3,(H,21,27)(H,25,26)/t10-/m1/s1. The summed E-state index contributed by atoms with van der Waals surface area (Å²) in [6.07, 6.45) is -0.312. The maximum atomic E-state index is 12.5. The van der Waals surface area contributed by atoms with E-state index < -0.39 is 33.9 Å². The second-order valence-electron chi connectivity index (χ2n) is 6.26. The van der Waals surface area contributed by atoms with Gasteiger partial charge in [-0.05, 0) is 25.1 Å². The van der Waals surface area contributed by atoms with Gasteiger partial charge in [-0.15, -0.1) is 4.68 Å². The Kier molecular flexibility index (Phi) is 5.81. The molecule has 0 bridgehead atoms. The molecule has 0 aliphatic rings. The number of hydrogen-bond acceptors (Lipinski definition) is 8. The van der Waals surface area contributed by atoms with Crippen LogP contribution >= 0.6 is 0 Å². The molecule has 1 heterocycles. The fourth-order valence-corrected chi connectivity index (χ4v) is 2.70. The van der Waals surface area contributed by atoms with Gasteiger partial charge in [0.25, 0.3) is 5.56 Å². The van der Waals surface area contributed by atoms with Gasteiger partial charge >= 0.3 is 17.3 Å². The zero-order valence-electron chi connectivity index (χ0n) is 16.3. The monoisotopic (exact) mass is 428 g/mol. The number of para-hydroxylation sites is 1. The van der Waals surface area contributed by atoms with Gasteiger partial charge in [-0.25, -0.2) is 9.59 Å². The molecule has 0 unspecified atom stereocenters. The quantitative estimate of drug-likeness (QED) is 0.323. The van der Waals surface area contributed by atoms with Crippen molar-refractivity contribution in [3.63, 3.8) is 0 Å². The Morgan fingerprint density at radius 3 is 2.68 bits per heavy atom. The van der Waals surface area contributed by atoms with Crippen LogP contribution in [0.1, 0.15) is 12.5 Å². The largest absolute Gasteiger partial charge is 0.493 e. The van der Waals surface area contributed by atoms with Crippen LogP contribution in [-0.4, -0.2) is 45.1 Å². The van der Waals surface area contributed by atoms with Crippen molar-refractivity contribution in [1.82, 2.24) is 9.66 Å². The van der Waals surface area contributed by atoms with E-state index in [4.69, 9.17) is 14.6 Å². The number of methoxy groups -OCH3 is 1. The number of aromatic amines is 1. The molecule has 0 saturated carbocycles. The molecule has 2 aromatic carbocycles. The molecule has 12 heteroatoms. The van der Waals surface area contributed by atoms with Gasteiger partial charge in [0.1, 0.15) is 0 Å². The minimum atomic E-state index is -1.37. The van der Waals surface area contributed by atoms with Crippen LogP contribution < -0.4 is 20.7 Å². The van der Waals surface area contributed by atoms with Gasteiger partial charge in [0, 0.05) is 11.6 Å². The Hall–Kier alpha value is -4.48. The summed E-state index contributed by atoms with van der Waals surface area (Å²) in [5.74, 6) is -1.82. The molecule has 31 heavy (non-hydrogen) atoms. The molecule has 0 aliphatic carbocycles. The maximum Gasteiger partial charge on any atom is 0.349 e. The SMILES string of the molecule is COc1cc(C=Nn2c(=O)[nH]c3ccccc3c2=O)cc([N+](=O)[O-])c1O[C@H](C)C(=O)O. The van der Waals surface area contributed by atoms with Crippen molar-refractivity contribution in [2.24, 2.45) is 5.10 Å². The maximum absolute atomic E-state index is 12.5. The predicted molar refractivity (Wildman–Crippen MR) is 109 cm³/mol. The Morgan fingerprint density at radius 1 is 1.32 bits per heavy atom. The summed E-state index contributed by atoms with van der Waals surface area (Å²) in [5.41, 5.74) is -1.59. The second-order valence-corrected chi connectivity index (χ2v) is 6.26. The zero-order chi connectivity index (χ0) is 22.7. The van der Waals surface area contributed by atoms with Crippen LogP contribution in [0.25, 0.3) is 10.9 Å². The average Bonchev–Trinajstić information content (AvgIpc) is 2.73. The van der Waals surface area contributed by atoms with Crippen molar-refractivity contribution in [1.29, 1.82) is 0 Å². The smallest absolute Gasteiger partial charge is 0.349 e. The highest BCUT2D eigenvalue weighted by atomic mass is 16.6. The molecule has 0 amide bonds. The number of aromatic nitrogens is 2. The van der Waals surface area contributed by atoms with E-state index in [0.717, 1.165) is 12.3 Å². The first kappa shape index (κ1) is 21.2. The lowest BCUT2D eigenvalue weighted by Crippen LogP contribution is -2.32. The van der Waals surface area contributed by atoms with Gasteiger partial charge in [0.05, 0.1) is 29.2 Å². The Bertz CT molecular complexity index is 1320. The molecule has 0 fully saturated rings. The molecule has 3 aromatic rings. The number of fused-ring (bicyclic) bond motifs is 1. The van der Waals surface area contributed by atoms with Crippen molar-refractivity contribution >= 4 is 28.8 Å². The third kappa shape index (κ3) is 4.27. The fourth-order valence-electron chi connectivity index (χ4n) is 2.70. The third-order valence-corrected chi connectivity index (χ3v) is 4.22. The zero-order valence-corrected chi connectivity index (χ0v) is 16.3. The molecule has 0 spiro atoms. The van der Waals surface area contributed by atoms with Crippen LogP contribution in [-0.2, 0) is 4.79 Å². The minimum Gasteiger partial charge on any atom is -0.493 e. The lowest BCUT2D eigenvalue weighted by Gasteiger charge is -2.14. The van der Waals surface area contributed by atoms with Gasteiger partial charge in [-0.1, -0.05) is 12.1 Å². The first-order chi connectivity index (χ1) is 14.7. The molecule has 2 N–H and O–H groups in total. The summed E-state index contributed by atoms with van der Waals surface area (Å²) < 4.78 is 10.8. The van der Waals surface area contributed by atoms with Gasteiger partial charge in [-0.2, -0.15) is 5.10 Å². The van der Waals surface area contributed by atoms with Crippen molar-refractivity contribution in [2.45, 2.75) is 13.0 Å². The normalized spacial score (nSPS) is 12.1. The summed E-state index contributed by atoms with van der Waals surface area (Å²) >= 11 is 0. The fraction of sp³-hybridized carbons (Fsp3) is 0.158. The van der Waals surface area contributed by atoms with Gasteiger partial charge in [0.2, 0.25) is 5.75 Å². The molecule has 0 aliphatic heterocycles. The third-order valence-electron chi connectivity index (χ3n) is 4.22. The van der Waals surface area contributed by atoms with Crippen LogP contribution in [0, 0.1) is 10.1 Å². The molecule has 160 valence electrons. The van der Waals surface area contributed by atoms with Crippen molar-refractivity contribution < 1.29 is 24.3 Å². The van der Waals surface area contributed by atoms with Crippen LogP contribution in [0.5, 0.6) is 11.5 Å². The van der Waals surface area contributed by atoms with Gasteiger partial charge in [-0.3, -0.25) is 14.9 Å². The van der Waals surface area contributed by atoms with Crippen molar-refractivity contribution in [3.05, 3.63) is 72.9 Å². The number of nitrogens with zero attached hydrogens (tertiary/aromatic N) is 3. The number of benzene rings is 2. The van der Waals surface area contributed by atoms with Crippen LogP contribution in [0.4, 0.5) is 5.69 Å². The number of nitro groups is 1. The lowest BCUT2D eigenvalue weighted by atomic mass is 10.2. The van der Waals surface area contributed by atoms with Crippen LogP contribution in [0.15, 0.2) is 51.1 Å². The molecular formula is C19H16N4O8. The lowest BCUT2D eigenvalue weighted by molar-refractivity contribution is -0.386. The van der Waals surface area contributed by atoms with E-state index in [9.17, 15) is 24.5 Å². The van der Waals surface area contributed by atoms with Crippen molar-refractivity contribution in [2.75, 3.05) is 7.11 Å². The van der Waals surface area contributed by atoms with Gasteiger partial charge < -0.3 is 19.6 Å². The molecule has 12 nitrogen and oxygen atoms in total. The summed E-state index contributed by atoms with van der Waals surface area (Å²) in [4.78, 5) is 49.0. The van der Waals surface area contributed by atoms with E-state index in [1.165, 1.54) is 26.2 Å². The molecule has 1 aromatic heterocycles. The molecule has 0 radical (unpaired) electrons. The molecular weight excluding hydrogens is 412 g/mol. The molecule has 0 saturated heterocycles. The first-order valence-corrected chi connectivity index (χ1v) is 8.77. The number of carbonyl (C=O) groups is 1. The highest BCUT2D eigenvalue weighted by Crippen LogP contribution is 2.38. The Morgan fingerprint density at radius 2 is 2.03 bits per heavy atom. The van der Waals surface area contributed by atoms with Crippen LogP contribution in [0.3, 0.4) is 0 Å². The summed E-state index contributed by atoms with van der Waals surface area (Å²) in [5, 5.41) is 24.6. The number of nitrogens with one attached hydrogen (secondary N) is 1. The number of aliphatic carboxylic acids is 1. The number of carboxylic acids is 1. The van der Waals surface area contributed by atoms with E-state index in [1.54, 1.807) is 18.2 Å². The number of nitro benzene ring substituents is 1. The van der Waals surface area contributed by atoms with E-state index in [2.05, 4.69) is 10.1 Å². The summed E-state index contributed by atoms with van der Waals surface area (Å²) in [6.45, 7) is 1.21. The van der Waals surface area contributed by atoms with Crippen molar-refractivity contribution in [3.8, 4) is 11.5 Å². The predicted octanol–water partition coefficient (Wildman–Crippen LogP) is 1.34. The van der Waals surface area contributed by atoms with E-state index in [1.807, 2.05) is 0 Å². The minimum absolute atomic E-state index is 0.110. The number of hydrogen-bond donors (Lipinski definition) is 2. The number of ether oxygens (including phenoxy) is 2. The molecule has 1 atom stereocenters. The average molecular weight is 428 g/mol.